The predicted molar refractivity (Wildman–Crippen MR) is 75.2 cm³/mol. The third-order valence-electron chi connectivity index (χ3n) is 3.23. The van der Waals surface area contributed by atoms with Gasteiger partial charge in [-0.05, 0) is 50.6 Å². The first-order valence-electron chi connectivity index (χ1n) is 6.02. The van der Waals surface area contributed by atoms with Gasteiger partial charge in [0.1, 0.15) is 0 Å². The first-order chi connectivity index (χ1) is 8.15. The van der Waals surface area contributed by atoms with Crippen molar-refractivity contribution in [3.05, 3.63) is 28.2 Å². The van der Waals surface area contributed by atoms with E-state index in [9.17, 15) is 0 Å². The molecular weight excluding hydrogens is 255 g/mol. The quantitative estimate of drug-likeness (QED) is 0.902. The van der Waals surface area contributed by atoms with E-state index in [2.05, 4.69) is 17.3 Å². The molecule has 0 spiro atoms. The summed E-state index contributed by atoms with van der Waals surface area (Å²) in [5.74, 6) is 0.709. The number of anilines is 1. The van der Waals surface area contributed by atoms with Gasteiger partial charge in [0, 0.05) is 18.1 Å². The zero-order chi connectivity index (χ0) is 12.3. The van der Waals surface area contributed by atoms with E-state index in [1.54, 1.807) is 6.07 Å². The van der Waals surface area contributed by atoms with Gasteiger partial charge in [-0.2, -0.15) is 0 Å². The number of halogens is 2. The van der Waals surface area contributed by atoms with Crippen LogP contribution in [0.4, 0.5) is 5.69 Å². The van der Waals surface area contributed by atoms with Crippen LogP contribution in [-0.4, -0.2) is 31.6 Å². The minimum Gasteiger partial charge on any atom is -0.384 e. The van der Waals surface area contributed by atoms with Crippen LogP contribution in [-0.2, 0) is 0 Å². The van der Waals surface area contributed by atoms with Crippen molar-refractivity contribution in [3.8, 4) is 0 Å². The van der Waals surface area contributed by atoms with Gasteiger partial charge in [-0.25, -0.2) is 0 Å². The maximum Gasteiger partial charge on any atom is 0.0652 e. The van der Waals surface area contributed by atoms with Gasteiger partial charge in [0.15, 0.2) is 0 Å². The molecule has 1 aliphatic heterocycles. The Bertz CT molecular complexity index is 382. The van der Waals surface area contributed by atoms with Gasteiger partial charge in [-0.15, -0.1) is 0 Å². The second kappa shape index (κ2) is 5.94. The van der Waals surface area contributed by atoms with Gasteiger partial charge in [-0.3, -0.25) is 0 Å². The normalized spacial score (nSPS) is 21.5. The lowest BCUT2D eigenvalue weighted by atomic mass is 9.98. The number of hydrogen-bond acceptors (Lipinski definition) is 2. The summed E-state index contributed by atoms with van der Waals surface area (Å²) < 4.78 is 0. The summed E-state index contributed by atoms with van der Waals surface area (Å²) in [5.41, 5.74) is 0.976. The predicted octanol–water partition coefficient (Wildman–Crippen LogP) is 3.75. The molecule has 17 heavy (non-hydrogen) atoms. The van der Waals surface area contributed by atoms with Crippen LogP contribution in [0.15, 0.2) is 18.2 Å². The Labute approximate surface area is 113 Å². The standard InChI is InChI=1S/C13H18Cl2N2/c1-17-6-2-3-10(9-17)8-16-13-5-4-11(14)7-12(13)15/h4-5,7,10,16H,2-3,6,8-9H2,1H3. The first kappa shape index (κ1) is 13.0. The maximum atomic E-state index is 6.12. The number of piperidine rings is 1. The van der Waals surface area contributed by atoms with Crippen LogP contribution in [0.3, 0.4) is 0 Å². The summed E-state index contributed by atoms with van der Waals surface area (Å²) in [6, 6.07) is 5.58. The van der Waals surface area contributed by atoms with Crippen molar-refractivity contribution in [1.82, 2.24) is 4.90 Å². The molecule has 1 heterocycles. The molecule has 0 saturated carbocycles. The lowest BCUT2D eigenvalue weighted by Gasteiger charge is -2.30. The largest absolute Gasteiger partial charge is 0.384 e. The Hall–Kier alpha value is -0.440. The maximum absolute atomic E-state index is 6.12. The molecule has 1 N–H and O–H groups in total. The van der Waals surface area contributed by atoms with Crippen molar-refractivity contribution in [2.75, 3.05) is 32.0 Å². The van der Waals surface area contributed by atoms with Crippen LogP contribution in [0.25, 0.3) is 0 Å². The van der Waals surface area contributed by atoms with Crippen molar-refractivity contribution in [1.29, 1.82) is 0 Å². The molecule has 2 rings (SSSR count). The molecule has 0 aliphatic carbocycles. The van der Waals surface area contributed by atoms with E-state index in [0.717, 1.165) is 18.8 Å². The second-order valence-electron chi connectivity index (χ2n) is 4.78. The number of hydrogen-bond donors (Lipinski definition) is 1. The first-order valence-corrected chi connectivity index (χ1v) is 6.78. The molecule has 0 bridgehead atoms. The lowest BCUT2D eigenvalue weighted by molar-refractivity contribution is 0.217. The molecule has 0 radical (unpaired) electrons. The number of benzene rings is 1. The summed E-state index contributed by atoms with van der Waals surface area (Å²) in [4.78, 5) is 2.39. The molecule has 1 fully saturated rings. The summed E-state index contributed by atoms with van der Waals surface area (Å²) >= 11 is 12.0. The van der Waals surface area contributed by atoms with Gasteiger partial charge in [0.2, 0.25) is 0 Å². The van der Waals surface area contributed by atoms with E-state index >= 15 is 0 Å². The Kier molecular flexibility index (Phi) is 4.55. The summed E-state index contributed by atoms with van der Waals surface area (Å²) in [6.07, 6.45) is 2.58. The second-order valence-corrected chi connectivity index (χ2v) is 5.62. The van der Waals surface area contributed by atoms with Crippen LogP contribution >= 0.6 is 23.2 Å². The highest BCUT2D eigenvalue weighted by molar-refractivity contribution is 6.36. The van der Waals surface area contributed by atoms with Crippen molar-refractivity contribution < 1.29 is 0 Å². The molecule has 1 saturated heterocycles. The fraction of sp³-hybridized carbons (Fsp3) is 0.538. The highest BCUT2D eigenvalue weighted by atomic mass is 35.5. The van der Waals surface area contributed by atoms with Gasteiger partial charge < -0.3 is 10.2 Å². The smallest absolute Gasteiger partial charge is 0.0652 e. The van der Waals surface area contributed by atoms with E-state index in [0.29, 0.717) is 16.0 Å². The molecule has 1 atom stereocenters. The van der Waals surface area contributed by atoms with E-state index in [-0.39, 0.29) is 0 Å². The number of likely N-dealkylation sites (tertiary alicyclic amines) is 1. The summed E-state index contributed by atoms with van der Waals surface area (Å²) in [6.45, 7) is 3.36. The molecule has 2 nitrogen and oxygen atoms in total. The Balaban J connectivity index is 1.88. The van der Waals surface area contributed by atoms with Crippen LogP contribution in [0, 0.1) is 5.92 Å². The van der Waals surface area contributed by atoms with Crippen molar-refractivity contribution in [3.63, 3.8) is 0 Å². The van der Waals surface area contributed by atoms with E-state index < -0.39 is 0 Å². The molecule has 1 aromatic rings. The average molecular weight is 273 g/mol. The highest BCUT2D eigenvalue weighted by Gasteiger charge is 2.16. The number of rotatable bonds is 3. The van der Waals surface area contributed by atoms with Crippen LogP contribution in [0.5, 0.6) is 0 Å². The topological polar surface area (TPSA) is 15.3 Å². The Morgan fingerprint density at radius 1 is 1.41 bits per heavy atom. The minimum absolute atomic E-state index is 0.679. The fourth-order valence-corrected chi connectivity index (χ4v) is 2.80. The molecule has 4 heteroatoms. The zero-order valence-corrected chi connectivity index (χ0v) is 11.6. The number of nitrogens with zero attached hydrogens (tertiary/aromatic N) is 1. The highest BCUT2D eigenvalue weighted by Crippen LogP contribution is 2.26. The molecule has 1 aromatic carbocycles. The molecule has 0 aromatic heterocycles. The van der Waals surface area contributed by atoms with Gasteiger partial charge >= 0.3 is 0 Å². The van der Waals surface area contributed by atoms with Gasteiger partial charge in [-0.1, -0.05) is 23.2 Å². The lowest BCUT2D eigenvalue weighted by Crippen LogP contribution is -2.35. The number of nitrogens with one attached hydrogen (secondary N) is 1. The third kappa shape index (κ3) is 3.77. The third-order valence-corrected chi connectivity index (χ3v) is 3.78. The van der Waals surface area contributed by atoms with Crippen molar-refractivity contribution in [2.24, 2.45) is 5.92 Å². The van der Waals surface area contributed by atoms with E-state index in [1.165, 1.54) is 19.4 Å². The van der Waals surface area contributed by atoms with Gasteiger partial charge in [0.25, 0.3) is 0 Å². The SMILES string of the molecule is CN1CCCC(CNc2ccc(Cl)cc2Cl)C1. The minimum atomic E-state index is 0.679. The Morgan fingerprint density at radius 2 is 2.24 bits per heavy atom. The fourth-order valence-electron chi connectivity index (χ4n) is 2.33. The van der Waals surface area contributed by atoms with Crippen molar-refractivity contribution >= 4 is 28.9 Å². The molecule has 0 amide bonds. The van der Waals surface area contributed by atoms with Crippen LogP contribution in [0.2, 0.25) is 10.0 Å². The van der Waals surface area contributed by atoms with Crippen molar-refractivity contribution in [2.45, 2.75) is 12.8 Å². The van der Waals surface area contributed by atoms with Crippen LogP contribution in [0.1, 0.15) is 12.8 Å². The molecular formula is C13H18Cl2N2. The van der Waals surface area contributed by atoms with E-state index in [1.807, 2.05) is 12.1 Å². The Morgan fingerprint density at radius 3 is 2.94 bits per heavy atom. The zero-order valence-electron chi connectivity index (χ0n) is 10.0. The van der Waals surface area contributed by atoms with Crippen LogP contribution < -0.4 is 5.32 Å². The average Bonchev–Trinajstić information content (AvgIpc) is 2.28. The summed E-state index contributed by atoms with van der Waals surface area (Å²) in [7, 11) is 2.18. The summed E-state index contributed by atoms with van der Waals surface area (Å²) in [5, 5.41) is 4.79. The molecule has 1 aliphatic rings. The van der Waals surface area contributed by atoms with Gasteiger partial charge in [0.05, 0.1) is 10.7 Å². The van der Waals surface area contributed by atoms with E-state index in [4.69, 9.17) is 23.2 Å². The molecule has 1 unspecified atom stereocenters. The molecule has 94 valence electrons. The monoisotopic (exact) mass is 272 g/mol.